The molecule has 0 amide bonds. The minimum atomic E-state index is -0.804. The number of aryl methyl sites for hydroxylation is 1. The summed E-state index contributed by atoms with van der Waals surface area (Å²) in [6.07, 6.45) is 1.80. The van der Waals surface area contributed by atoms with Crippen molar-refractivity contribution in [2.24, 2.45) is 0 Å². The molecular formula is C16H23NO4. The number of carbonyl (C=O) groups is 1. The number of ether oxygens (including phenoxy) is 2. The van der Waals surface area contributed by atoms with E-state index >= 15 is 0 Å². The normalized spacial score (nSPS) is 23.0. The molecule has 116 valence electrons. The van der Waals surface area contributed by atoms with Gasteiger partial charge in [0.2, 0.25) is 0 Å². The van der Waals surface area contributed by atoms with Gasteiger partial charge in [0.1, 0.15) is 18.0 Å². The van der Waals surface area contributed by atoms with Crippen LogP contribution >= 0.6 is 0 Å². The number of carboxylic acid groups (broad SMARTS) is 1. The van der Waals surface area contributed by atoms with Gasteiger partial charge in [-0.15, -0.1) is 0 Å². The van der Waals surface area contributed by atoms with Crippen molar-refractivity contribution in [1.29, 1.82) is 0 Å². The molecule has 2 rings (SSSR count). The number of hydrogen-bond donors (Lipinski definition) is 1. The molecule has 1 heterocycles. The quantitative estimate of drug-likeness (QED) is 0.868. The van der Waals surface area contributed by atoms with Gasteiger partial charge in [0.05, 0.1) is 6.54 Å². The van der Waals surface area contributed by atoms with E-state index in [1.54, 1.807) is 7.11 Å². The molecule has 1 aliphatic heterocycles. The van der Waals surface area contributed by atoms with Gasteiger partial charge in [0, 0.05) is 13.7 Å². The molecule has 1 aromatic carbocycles. The van der Waals surface area contributed by atoms with E-state index in [0.29, 0.717) is 13.2 Å². The maximum atomic E-state index is 10.9. The van der Waals surface area contributed by atoms with Gasteiger partial charge in [-0.25, -0.2) is 0 Å². The number of hydrogen-bond acceptors (Lipinski definition) is 4. The molecular weight excluding hydrogens is 270 g/mol. The van der Waals surface area contributed by atoms with Crippen LogP contribution in [-0.2, 0) is 9.53 Å². The van der Waals surface area contributed by atoms with Crippen molar-refractivity contribution in [2.45, 2.75) is 25.4 Å². The van der Waals surface area contributed by atoms with Gasteiger partial charge >= 0.3 is 5.97 Å². The third-order valence-electron chi connectivity index (χ3n) is 3.93. The van der Waals surface area contributed by atoms with Gasteiger partial charge < -0.3 is 14.6 Å². The van der Waals surface area contributed by atoms with Gasteiger partial charge in [-0.2, -0.15) is 0 Å². The van der Waals surface area contributed by atoms with E-state index in [4.69, 9.17) is 14.6 Å². The summed E-state index contributed by atoms with van der Waals surface area (Å²) >= 11 is 0. The van der Waals surface area contributed by atoms with Crippen LogP contribution in [0, 0.1) is 6.92 Å². The summed E-state index contributed by atoms with van der Waals surface area (Å²) in [6.45, 7) is 3.90. The van der Waals surface area contributed by atoms with Crippen LogP contribution in [0.1, 0.15) is 18.4 Å². The molecule has 0 aliphatic carbocycles. The largest absolute Gasteiger partial charge is 0.491 e. The van der Waals surface area contributed by atoms with Crippen molar-refractivity contribution >= 4 is 5.97 Å². The SMILES string of the molecule is COC1(COc2ccc(C)cc2)CCCN(CC(=O)O)C1. The molecule has 1 atom stereocenters. The Morgan fingerprint density at radius 1 is 1.38 bits per heavy atom. The van der Waals surface area contributed by atoms with Crippen LogP contribution in [0.2, 0.25) is 0 Å². The zero-order chi connectivity index (χ0) is 15.3. The molecule has 1 aromatic rings. The zero-order valence-electron chi connectivity index (χ0n) is 12.7. The number of rotatable bonds is 6. The molecule has 0 radical (unpaired) electrons. The number of piperidine rings is 1. The zero-order valence-corrected chi connectivity index (χ0v) is 12.7. The van der Waals surface area contributed by atoms with Crippen LogP contribution in [-0.4, -0.2) is 54.9 Å². The highest BCUT2D eigenvalue weighted by Crippen LogP contribution is 2.26. The summed E-state index contributed by atoms with van der Waals surface area (Å²) in [5, 5.41) is 8.93. The molecule has 1 fully saturated rings. The fraction of sp³-hybridized carbons (Fsp3) is 0.562. The van der Waals surface area contributed by atoms with E-state index in [2.05, 4.69) is 0 Å². The molecule has 1 unspecified atom stereocenters. The highest BCUT2D eigenvalue weighted by atomic mass is 16.5. The van der Waals surface area contributed by atoms with Crippen molar-refractivity contribution in [3.8, 4) is 5.75 Å². The summed E-state index contributed by atoms with van der Waals surface area (Å²) in [6, 6.07) is 7.89. The Kier molecular flexibility index (Phi) is 5.20. The van der Waals surface area contributed by atoms with Crippen LogP contribution < -0.4 is 4.74 Å². The number of benzene rings is 1. The fourth-order valence-electron chi connectivity index (χ4n) is 2.71. The first-order chi connectivity index (χ1) is 10.0. The minimum absolute atomic E-state index is 0.0512. The molecule has 5 heteroatoms. The Morgan fingerprint density at radius 3 is 2.71 bits per heavy atom. The molecule has 0 spiro atoms. The van der Waals surface area contributed by atoms with E-state index < -0.39 is 11.6 Å². The van der Waals surface area contributed by atoms with E-state index in [1.165, 1.54) is 5.56 Å². The predicted molar refractivity (Wildman–Crippen MR) is 79.7 cm³/mol. The molecule has 5 nitrogen and oxygen atoms in total. The Morgan fingerprint density at radius 2 is 2.10 bits per heavy atom. The molecule has 0 saturated carbocycles. The topological polar surface area (TPSA) is 59.0 Å². The van der Waals surface area contributed by atoms with Crippen LogP contribution in [0.25, 0.3) is 0 Å². The summed E-state index contributed by atoms with van der Waals surface area (Å²) in [7, 11) is 1.67. The minimum Gasteiger partial charge on any atom is -0.491 e. The van der Waals surface area contributed by atoms with Gasteiger partial charge in [0.15, 0.2) is 0 Å². The Bertz CT molecular complexity index is 474. The Balaban J connectivity index is 1.96. The van der Waals surface area contributed by atoms with Crippen LogP contribution in [0.5, 0.6) is 5.75 Å². The third-order valence-corrected chi connectivity index (χ3v) is 3.93. The van der Waals surface area contributed by atoms with Crippen molar-refractivity contribution in [3.05, 3.63) is 29.8 Å². The van der Waals surface area contributed by atoms with E-state index in [9.17, 15) is 4.79 Å². The van der Waals surface area contributed by atoms with Crippen molar-refractivity contribution in [2.75, 3.05) is 33.4 Å². The summed E-state index contributed by atoms with van der Waals surface area (Å²) in [5.41, 5.74) is 0.757. The number of methoxy groups -OCH3 is 1. The molecule has 1 saturated heterocycles. The standard InChI is InChI=1S/C16H23NO4/c1-13-4-6-14(7-5-13)21-12-16(20-2)8-3-9-17(11-16)10-15(18)19/h4-7H,3,8-12H2,1-2H3,(H,18,19). The predicted octanol–water partition coefficient (Wildman–Crippen LogP) is 1.94. The average Bonchev–Trinajstić information content (AvgIpc) is 2.46. The second kappa shape index (κ2) is 6.91. The Hall–Kier alpha value is -1.59. The van der Waals surface area contributed by atoms with Crippen LogP contribution in [0.3, 0.4) is 0 Å². The lowest BCUT2D eigenvalue weighted by atomic mass is 9.93. The summed E-state index contributed by atoms with van der Waals surface area (Å²) in [4.78, 5) is 12.8. The number of nitrogens with zero attached hydrogens (tertiary/aromatic N) is 1. The van der Waals surface area contributed by atoms with E-state index in [1.807, 2.05) is 36.1 Å². The average molecular weight is 293 g/mol. The number of likely N-dealkylation sites (tertiary alicyclic amines) is 1. The highest BCUT2D eigenvalue weighted by molar-refractivity contribution is 5.69. The Labute approximate surface area is 125 Å². The summed E-state index contributed by atoms with van der Waals surface area (Å²) < 4.78 is 11.5. The summed E-state index contributed by atoms with van der Waals surface area (Å²) in [5.74, 6) is 0.00809. The molecule has 1 N–H and O–H groups in total. The van der Waals surface area contributed by atoms with Gasteiger partial charge in [-0.1, -0.05) is 17.7 Å². The smallest absolute Gasteiger partial charge is 0.317 e. The first-order valence-electron chi connectivity index (χ1n) is 7.22. The lowest BCUT2D eigenvalue weighted by Crippen LogP contribution is -2.53. The van der Waals surface area contributed by atoms with Crippen molar-refractivity contribution < 1.29 is 19.4 Å². The van der Waals surface area contributed by atoms with Crippen molar-refractivity contribution in [1.82, 2.24) is 4.90 Å². The van der Waals surface area contributed by atoms with Crippen LogP contribution in [0.15, 0.2) is 24.3 Å². The monoisotopic (exact) mass is 293 g/mol. The maximum absolute atomic E-state index is 10.9. The number of carboxylic acids is 1. The number of aliphatic carboxylic acids is 1. The van der Waals surface area contributed by atoms with Crippen molar-refractivity contribution in [3.63, 3.8) is 0 Å². The third kappa shape index (κ3) is 4.44. The lowest BCUT2D eigenvalue weighted by Gasteiger charge is -2.40. The van der Waals surface area contributed by atoms with E-state index in [-0.39, 0.29) is 6.54 Å². The second-order valence-electron chi connectivity index (χ2n) is 5.70. The van der Waals surface area contributed by atoms with Gasteiger partial charge in [-0.3, -0.25) is 9.69 Å². The molecule has 21 heavy (non-hydrogen) atoms. The second-order valence-corrected chi connectivity index (χ2v) is 5.70. The fourth-order valence-corrected chi connectivity index (χ4v) is 2.71. The first-order valence-corrected chi connectivity index (χ1v) is 7.22. The highest BCUT2D eigenvalue weighted by Gasteiger charge is 2.37. The van der Waals surface area contributed by atoms with Gasteiger partial charge in [0.25, 0.3) is 0 Å². The molecule has 0 aromatic heterocycles. The lowest BCUT2D eigenvalue weighted by molar-refractivity contribution is -0.141. The first kappa shape index (κ1) is 15.8. The van der Waals surface area contributed by atoms with Gasteiger partial charge in [-0.05, 0) is 38.4 Å². The molecule has 0 bridgehead atoms. The van der Waals surface area contributed by atoms with Crippen LogP contribution in [0.4, 0.5) is 0 Å². The maximum Gasteiger partial charge on any atom is 0.317 e. The van der Waals surface area contributed by atoms with E-state index in [0.717, 1.165) is 25.1 Å². The molecule has 1 aliphatic rings.